The van der Waals surface area contributed by atoms with Crippen LogP contribution in [0.15, 0.2) is 18.2 Å². The summed E-state index contributed by atoms with van der Waals surface area (Å²) in [4.78, 5) is 11.4. The largest absolute Gasteiger partial charge is 0.465 e. The Morgan fingerprint density at radius 3 is 2.93 bits per heavy atom. The molecule has 0 aliphatic carbocycles. The minimum absolute atomic E-state index is 0.300. The first-order valence-corrected chi connectivity index (χ1v) is 4.66. The van der Waals surface area contributed by atoms with Gasteiger partial charge < -0.3 is 14.2 Å². The number of hydrogen-bond acceptors (Lipinski definition) is 4. The third-order valence-corrected chi connectivity index (χ3v) is 2.43. The quantitative estimate of drug-likeness (QED) is 0.689. The molecule has 1 heterocycles. The van der Waals surface area contributed by atoms with Crippen molar-refractivity contribution in [3.8, 4) is 5.75 Å². The molecular weight excluding hydrogens is 196 g/mol. The van der Waals surface area contributed by atoms with Crippen LogP contribution in [-0.2, 0) is 15.9 Å². The van der Waals surface area contributed by atoms with Crippen molar-refractivity contribution < 1.29 is 19.0 Å². The summed E-state index contributed by atoms with van der Waals surface area (Å²) in [6, 6.07) is 5.32. The minimum Gasteiger partial charge on any atom is -0.465 e. The summed E-state index contributed by atoms with van der Waals surface area (Å²) in [7, 11) is 2.94. The van der Waals surface area contributed by atoms with Crippen LogP contribution < -0.4 is 4.74 Å². The molecule has 0 radical (unpaired) electrons. The Labute approximate surface area is 87.8 Å². The number of rotatable bonds is 2. The smallest absolute Gasteiger partial charge is 0.338 e. The molecule has 0 spiro atoms. The van der Waals surface area contributed by atoms with Crippen molar-refractivity contribution in [1.29, 1.82) is 0 Å². The molecule has 2 rings (SSSR count). The predicted molar refractivity (Wildman–Crippen MR) is 52.9 cm³/mol. The maximum absolute atomic E-state index is 11.4. The highest BCUT2D eigenvalue weighted by atomic mass is 16.7. The summed E-state index contributed by atoms with van der Waals surface area (Å²) in [5.41, 5.74) is 1.41. The maximum atomic E-state index is 11.4. The molecule has 0 bridgehead atoms. The van der Waals surface area contributed by atoms with Gasteiger partial charge in [0, 0.05) is 19.1 Å². The number of methoxy groups -OCH3 is 2. The van der Waals surface area contributed by atoms with Crippen LogP contribution in [0.1, 0.15) is 15.9 Å². The van der Waals surface area contributed by atoms with E-state index in [1.165, 1.54) is 7.11 Å². The van der Waals surface area contributed by atoms with Gasteiger partial charge in [0.25, 0.3) is 0 Å². The van der Waals surface area contributed by atoms with E-state index in [2.05, 4.69) is 0 Å². The summed E-state index contributed by atoms with van der Waals surface area (Å²) < 4.78 is 15.2. The lowest BCUT2D eigenvalue weighted by molar-refractivity contribution is -0.0367. The summed E-state index contributed by atoms with van der Waals surface area (Å²) >= 11 is 0. The van der Waals surface area contributed by atoms with Crippen LogP contribution in [0.2, 0.25) is 0 Å². The van der Waals surface area contributed by atoms with Crippen molar-refractivity contribution in [3.05, 3.63) is 29.3 Å². The van der Waals surface area contributed by atoms with Crippen molar-refractivity contribution in [1.82, 2.24) is 0 Å². The molecule has 0 saturated heterocycles. The maximum Gasteiger partial charge on any atom is 0.338 e. The van der Waals surface area contributed by atoms with Gasteiger partial charge in [0.2, 0.25) is 6.29 Å². The average Bonchev–Trinajstić information content (AvgIpc) is 2.70. The third-order valence-electron chi connectivity index (χ3n) is 2.43. The van der Waals surface area contributed by atoms with E-state index in [4.69, 9.17) is 14.2 Å². The van der Waals surface area contributed by atoms with Gasteiger partial charge in [-0.05, 0) is 12.1 Å². The van der Waals surface area contributed by atoms with Crippen LogP contribution in [0, 0.1) is 0 Å². The fraction of sp³-hybridized carbons (Fsp3) is 0.364. The van der Waals surface area contributed by atoms with Crippen LogP contribution in [0.3, 0.4) is 0 Å². The standard InChI is InChI=1S/C11H12O4/c1-13-10-6-8-7(11(12)14-2)4-3-5-9(8)15-10/h3-5,10H,6H2,1-2H3. The van der Waals surface area contributed by atoms with Crippen LogP contribution >= 0.6 is 0 Å². The number of carbonyl (C=O) groups is 1. The van der Waals surface area contributed by atoms with Gasteiger partial charge in [-0.1, -0.05) is 6.07 Å². The van der Waals surface area contributed by atoms with E-state index >= 15 is 0 Å². The Balaban J connectivity index is 2.37. The van der Waals surface area contributed by atoms with Gasteiger partial charge in [-0.15, -0.1) is 0 Å². The Kier molecular flexibility index (Phi) is 2.60. The molecule has 1 aliphatic rings. The van der Waals surface area contributed by atoms with Gasteiger partial charge in [0.1, 0.15) is 5.75 Å². The van der Waals surface area contributed by atoms with E-state index in [9.17, 15) is 4.79 Å². The highest BCUT2D eigenvalue weighted by Crippen LogP contribution is 2.31. The van der Waals surface area contributed by atoms with Crippen LogP contribution in [0.25, 0.3) is 0 Å². The average molecular weight is 208 g/mol. The van der Waals surface area contributed by atoms with Crippen molar-refractivity contribution in [2.24, 2.45) is 0 Å². The SMILES string of the molecule is COC(=O)c1cccc2c1CC(OC)O2. The molecule has 0 aromatic heterocycles. The highest BCUT2D eigenvalue weighted by Gasteiger charge is 2.27. The number of benzene rings is 1. The summed E-state index contributed by atoms with van der Waals surface area (Å²) in [5.74, 6) is 0.358. The van der Waals surface area contributed by atoms with Gasteiger partial charge in [-0.2, -0.15) is 0 Å². The predicted octanol–water partition coefficient (Wildman–Crippen LogP) is 1.38. The van der Waals surface area contributed by atoms with Crippen molar-refractivity contribution in [3.63, 3.8) is 0 Å². The zero-order chi connectivity index (χ0) is 10.8. The van der Waals surface area contributed by atoms with E-state index in [0.717, 1.165) is 5.56 Å². The first kappa shape index (κ1) is 9.98. The van der Waals surface area contributed by atoms with E-state index < -0.39 is 0 Å². The topological polar surface area (TPSA) is 44.8 Å². The lowest BCUT2D eigenvalue weighted by atomic mass is 10.1. The molecule has 0 fully saturated rings. The van der Waals surface area contributed by atoms with Gasteiger partial charge >= 0.3 is 5.97 Å². The van der Waals surface area contributed by atoms with Crippen LogP contribution in [-0.4, -0.2) is 26.5 Å². The number of carbonyl (C=O) groups excluding carboxylic acids is 1. The monoisotopic (exact) mass is 208 g/mol. The second-order valence-electron chi connectivity index (χ2n) is 3.26. The first-order chi connectivity index (χ1) is 7.26. The van der Waals surface area contributed by atoms with Crippen molar-refractivity contribution >= 4 is 5.97 Å². The molecular formula is C11H12O4. The van der Waals surface area contributed by atoms with Gasteiger partial charge in [-0.3, -0.25) is 0 Å². The summed E-state index contributed by atoms with van der Waals surface area (Å²) in [6.45, 7) is 0. The number of fused-ring (bicyclic) bond motifs is 1. The Morgan fingerprint density at radius 1 is 1.47 bits per heavy atom. The van der Waals surface area contributed by atoms with Gasteiger partial charge in [0.05, 0.1) is 12.7 Å². The van der Waals surface area contributed by atoms with E-state index in [-0.39, 0.29) is 12.3 Å². The Bertz CT molecular complexity index is 386. The summed E-state index contributed by atoms with van der Waals surface area (Å²) in [6.07, 6.45) is 0.280. The molecule has 0 amide bonds. The lowest BCUT2D eigenvalue weighted by Crippen LogP contribution is -2.15. The van der Waals surface area contributed by atoms with E-state index in [1.54, 1.807) is 19.2 Å². The fourth-order valence-electron chi connectivity index (χ4n) is 1.67. The molecule has 15 heavy (non-hydrogen) atoms. The Hall–Kier alpha value is -1.55. The molecule has 1 atom stereocenters. The minimum atomic E-state index is -0.341. The zero-order valence-corrected chi connectivity index (χ0v) is 8.65. The first-order valence-electron chi connectivity index (χ1n) is 4.66. The van der Waals surface area contributed by atoms with Gasteiger partial charge in [0.15, 0.2) is 0 Å². The van der Waals surface area contributed by atoms with Crippen molar-refractivity contribution in [2.75, 3.05) is 14.2 Å². The molecule has 1 aromatic carbocycles. The van der Waals surface area contributed by atoms with Crippen molar-refractivity contribution in [2.45, 2.75) is 12.7 Å². The third kappa shape index (κ3) is 1.68. The zero-order valence-electron chi connectivity index (χ0n) is 8.65. The molecule has 0 N–H and O–H groups in total. The summed E-state index contributed by atoms with van der Waals surface area (Å²) in [5, 5.41) is 0. The number of esters is 1. The Morgan fingerprint density at radius 2 is 2.27 bits per heavy atom. The number of ether oxygens (including phenoxy) is 3. The highest BCUT2D eigenvalue weighted by molar-refractivity contribution is 5.92. The molecule has 1 aliphatic heterocycles. The second-order valence-corrected chi connectivity index (χ2v) is 3.26. The molecule has 0 saturated carbocycles. The molecule has 4 nitrogen and oxygen atoms in total. The van der Waals surface area contributed by atoms with E-state index in [0.29, 0.717) is 17.7 Å². The van der Waals surface area contributed by atoms with Crippen LogP contribution in [0.4, 0.5) is 0 Å². The van der Waals surface area contributed by atoms with E-state index in [1.807, 2.05) is 6.07 Å². The molecule has 80 valence electrons. The fourth-order valence-corrected chi connectivity index (χ4v) is 1.67. The van der Waals surface area contributed by atoms with Gasteiger partial charge in [-0.25, -0.2) is 4.79 Å². The molecule has 4 heteroatoms. The normalized spacial score (nSPS) is 18.1. The molecule has 1 aromatic rings. The number of hydrogen-bond donors (Lipinski definition) is 0. The molecule has 1 unspecified atom stereocenters. The lowest BCUT2D eigenvalue weighted by Gasteiger charge is -2.06. The second kappa shape index (κ2) is 3.90. The van der Waals surface area contributed by atoms with Crippen LogP contribution in [0.5, 0.6) is 5.75 Å².